The van der Waals surface area contributed by atoms with Crippen LogP contribution >= 0.6 is 34.8 Å². The predicted octanol–water partition coefficient (Wildman–Crippen LogP) is 3.54. The monoisotopic (exact) mass is 293 g/mol. The lowest BCUT2D eigenvalue weighted by atomic mass is 10.1. The summed E-state index contributed by atoms with van der Waals surface area (Å²) in [5.74, 6) is 0.932. The Bertz CT molecular complexity index is 425. The highest BCUT2D eigenvalue weighted by Gasteiger charge is 2.35. The zero-order valence-electron chi connectivity index (χ0n) is 8.99. The van der Waals surface area contributed by atoms with Gasteiger partial charge in [0, 0.05) is 0 Å². The molecule has 0 amide bonds. The molecule has 1 aliphatic rings. The quantitative estimate of drug-likeness (QED) is 0.781. The molecule has 1 atom stereocenters. The van der Waals surface area contributed by atoms with Gasteiger partial charge >= 0.3 is 0 Å². The van der Waals surface area contributed by atoms with Crippen molar-refractivity contribution in [2.24, 2.45) is 4.99 Å². The average molecular weight is 295 g/mol. The minimum atomic E-state index is -1.60. The van der Waals surface area contributed by atoms with Crippen molar-refractivity contribution < 1.29 is 9.47 Å². The maximum absolute atomic E-state index is 5.69. The first kappa shape index (κ1) is 12.8. The number of benzene rings is 1. The van der Waals surface area contributed by atoms with Crippen LogP contribution in [0.4, 0.5) is 0 Å². The molecule has 2 rings (SSSR count). The fourth-order valence-electron chi connectivity index (χ4n) is 1.53. The van der Waals surface area contributed by atoms with E-state index in [0.29, 0.717) is 6.61 Å². The predicted molar refractivity (Wildman–Crippen MR) is 69.4 cm³/mol. The van der Waals surface area contributed by atoms with E-state index in [4.69, 9.17) is 44.3 Å². The molecule has 0 spiro atoms. The summed E-state index contributed by atoms with van der Waals surface area (Å²) in [4.78, 5) is 4.24. The van der Waals surface area contributed by atoms with Crippen molar-refractivity contribution in [1.82, 2.24) is 0 Å². The van der Waals surface area contributed by atoms with Crippen molar-refractivity contribution in [3.8, 4) is 5.75 Å². The van der Waals surface area contributed by atoms with Gasteiger partial charge in [-0.15, -0.1) is 0 Å². The third-order valence-corrected chi connectivity index (χ3v) is 2.88. The van der Waals surface area contributed by atoms with Crippen molar-refractivity contribution in [1.29, 1.82) is 0 Å². The lowest BCUT2D eigenvalue weighted by Crippen LogP contribution is -2.18. The summed E-state index contributed by atoms with van der Waals surface area (Å²) in [6, 6.07) is 7.41. The van der Waals surface area contributed by atoms with E-state index < -0.39 is 3.79 Å². The Morgan fingerprint density at radius 3 is 2.41 bits per heavy atom. The van der Waals surface area contributed by atoms with Crippen LogP contribution in [0.1, 0.15) is 11.6 Å². The Morgan fingerprint density at radius 2 is 1.94 bits per heavy atom. The third-order valence-electron chi connectivity index (χ3n) is 2.39. The maximum atomic E-state index is 5.69. The second kappa shape index (κ2) is 4.92. The van der Waals surface area contributed by atoms with Gasteiger partial charge in [-0.2, -0.15) is 0 Å². The minimum Gasteiger partial charge on any atom is -0.497 e. The Morgan fingerprint density at radius 1 is 1.29 bits per heavy atom. The summed E-state index contributed by atoms with van der Waals surface area (Å²) in [6.07, 6.45) is 0. The molecule has 0 saturated heterocycles. The number of aliphatic imine (C=N–C) groups is 1. The van der Waals surface area contributed by atoms with Crippen molar-refractivity contribution in [2.75, 3.05) is 13.7 Å². The van der Waals surface area contributed by atoms with Gasteiger partial charge in [0.05, 0.1) is 7.11 Å². The molecule has 0 aliphatic carbocycles. The number of halogens is 3. The highest BCUT2D eigenvalue weighted by atomic mass is 35.6. The molecule has 0 saturated carbocycles. The van der Waals surface area contributed by atoms with E-state index in [-0.39, 0.29) is 11.9 Å². The fourth-order valence-corrected chi connectivity index (χ4v) is 1.84. The molecular weight excluding hydrogens is 284 g/mol. The molecule has 0 radical (unpaired) electrons. The molecular formula is C11H10Cl3NO2. The van der Waals surface area contributed by atoms with E-state index in [0.717, 1.165) is 11.3 Å². The average Bonchev–Trinajstić information content (AvgIpc) is 2.78. The summed E-state index contributed by atoms with van der Waals surface area (Å²) in [5, 5.41) is 0. The second-order valence-electron chi connectivity index (χ2n) is 3.53. The zero-order chi connectivity index (χ0) is 12.5. The van der Waals surface area contributed by atoms with Crippen LogP contribution in [-0.4, -0.2) is 23.4 Å². The molecule has 1 aromatic rings. The van der Waals surface area contributed by atoms with Crippen LogP contribution < -0.4 is 4.74 Å². The molecule has 6 heteroatoms. The van der Waals surface area contributed by atoms with E-state index in [1.54, 1.807) is 7.11 Å². The summed E-state index contributed by atoms with van der Waals surface area (Å²) in [5.41, 5.74) is 0.995. The lowest BCUT2D eigenvalue weighted by Gasteiger charge is -2.08. The van der Waals surface area contributed by atoms with Gasteiger partial charge in [0.2, 0.25) is 5.90 Å². The Hall–Kier alpha value is -0.640. The standard InChI is InChI=1S/C11H10Cl3NO2/c1-16-8-4-2-7(3-5-8)9-6-17-10(15-9)11(12,13)14/h2-5,9H,6H2,1H3. The number of alkyl halides is 3. The van der Waals surface area contributed by atoms with E-state index in [2.05, 4.69) is 4.99 Å². The van der Waals surface area contributed by atoms with Crippen LogP contribution in [0.3, 0.4) is 0 Å². The number of nitrogens with zero attached hydrogens (tertiary/aromatic N) is 1. The number of hydrogen-bond acceptors (Lipinski definition) is 3. The molecule has 1 aromatic carbocycles. The summed E-state index contributed by atoms with van der Waals surface area (Å²) >= 11 is 17.1. The molecule has 0 fully saturated rings. The highest BCUT2D eigenvalue weighted by Crippen LogP contribution is 2.35. The van der Waals surface area contributed by atoms with E-state index in [1.807, 2.05) is 24.3 Å². The third kappa shape index (κ3) is 2.97. The van der Waals surface area contributed by atoms with Gasteiger partial charge in [0.25, 0.3) is 3.79 Å². The summed E-state index contributed by atoms with van der Waals surface area (Å²) in [6.45, 7) is 0.384. The Labute approximate surface area is 114 Å². The number of rotatable bonds is 2. The lowest BCUT2D eigenvalue weighted by molar-refractivity contribution is 0.314. The number of hydrogen-bond donors (Lipinski definition) is 0. The van der Waals surface area contributed by atoms with Gasteiger partial charge in [-0.3, -0.25) is 0 Å². The van der Waals surface area contributed by atoms with Gasteiger partial charge in [-0.1, -0.05) is 46.9 Å². The van der Waals surface area contributed by atoms with E-state index in [9.17, 15) is 0 Å². The molecule has 0 N–H and O–H groups in total. The van der Waals surface area contributed by atoms with Crippen LogP contribution in [-0.2, 0) is 4.74 Å². The van der Waals surface area contributed by atoms with Crippen LogP contribution in [0, 0.1) is 0 Å². The van der Waals surface area contributed by atoms with Crippen molar-refractivity contribution >= 4 is 40.7 Å². The van der Waals surface area contributed by atoms with Gasteiger partial charge in [-0.05, 0) is 17.7 Å². The topological polar surface area (TPSA) is 30.8 Å². The first-order chi connectivity index (χ1) is 8.00. The van der Waals surface area contributed by atoms with Crippen molar-refractivity contribution in [3.63, 3.8) is 0 Å². The maximum Gasteiger partial charge on any atom is 0.266 e. The molecule has 0 aromatic heterocycles. The molecule has 17 heavy (non-hydrogen) atoms. The minimum absolute atomic E-state index is 0.133. The second-order valence-corrected chi connectivity index (χ2v) is 5.81. The smallest absolute Gasteiger partial charge is 0.266 e. The molecule has 1 unspecified atom stereocenters. The highest BCUT2D eigenvalue weighted by molar-refractivity contribution is 6.76. The zero-order valence-corrected chi connectivity index (χ0v) is 11.3. The molecule has 0 bridgehead atoms. The van der Waals surface area contributed by atoms with E-state index >= 15 is 0 Å². The van der Waals surface area contributed by atoms with Crippen LogP contribution in [0.2, 0.25) is 0 Å². The summed E-state index contributed by atoms with van der Waals surface area (Å²) < 4.78 is 8.74. The van der Waals surface area contributed by atoms with Crippen molar-refractivity contribution in [2.45, 2.75) is 9.83 Å². The van der Waals surface area contributed by atoms with Crippen molar-refractivity contribution in [3.05, 3.63) is 29.8 Å². The SMILES string of the molecule is COc1ccc(C2COC(C(Cl)(Cl)Cl)=N2)cc1. The van der Waals surface area contributed by atoms with Crippen LogP contribution in [0.5, 0.6) is 5.75 Å². The molecule has 92 valence electrons. The summed E-state index contributed by atoms with van der Waals surface area (Å²) in [7, 11) is 1.62. The van der Waals surface area contributed by atoms with Crippen LogP contribution in [0.25, 0.3) is 0 Å². The molecule has 3 nitrogen and oxygen atoms in total. The first-order valence-electron chi connectivity index (χ1n) is 4.92. The van der Waals surface area contributed by atoms with E-state index in [1.165, 1.54) is 0 Å². The Balaban J connectivity index is 2.16. The number of methoxy groups -OCH3 is 1. The van der Waals surface area contributed by atoms with Gasteiger partial charge in [0.15, 0.2) is 0 Å². The van der Waals surface area contributed by atoms with Gasteiger partial charge < -0.3 is 9.47 Å². The first-order valence-corrected chi connectivity index (χ1v) is 6.06. The Kier molecular flexibility index (Phi) is 3.71. The fraction of sp³-hybridized carbons (Fsp3) is 0.364. The molecule has 1 heterocycles. The number of ether oxygens (including phenoxy) is 2. The molecule has 1 aliphatic heterocycles. The van der Waals surface area contributed by atoms with Gasteiger partial charge in [-0.25, -0.2) is 4.99 Å². The van der Waals surface area contributed by atoms with Gasteiger partial charge in [0.1, 0.15) is 18.4 Å². The van der Waals surface area contributed by atoms with Crippen LogP contribution in [0.15, 0.2) is 29.3 Å². The largest absolute Gasteiger partial charge is 0.497 e. The normalized spacial score (nSPS) is 19.8.